The molecule has 0 saturated carbocycles. The lowest BCUT2D eigenvalue weighted by Crippen LogP contribution is -2.44. The molecule has 2 N–H and O–H groups in total. The van der Waals surface area contributed by atoms with E-state index in [-0.39, 0.29) is 12.5 Å². The predicted molar refractivity (Wildman–Crippen MR) is 64.0 cm³/mol. The normalized spacial score (nSPS) is 19.7. The number of rotatable bonds is 3. The second-order valence-electron chi connectivity index (χ2n) is 3.93. The van der Waals surface area contributed by atoms with Crippen LogP contribution in [-0.2, 0) is 16.0 Å². The molecule has 2 rings (SSSR count). The van der Waals surface area contributed by atoms with E-state index >= 15 is 0 Å². The van der Waals surface area contributed by atoms with Gasteiger partial charge in [-0.1, -0.05) is 0 Å². The van der Waals surface area contributed by atoms with Crippen molar-refractivity contribution in [3.8, 4) is 0 Å². The maximum Gasteiger partial charge on any atom is 0.325 e. The van der Waals surface area contributed by atoms with Crippen LogP contribution >= 0.6 is 11.3 Å². The van der Waals surface area contributed by atoms with Gasteiger partial charge in [0.1, 0.15) is 6.04 Å². The van der Waals surface area contributed by atoms with Gasteiger partial charge in [0.05, 0.1) is 6.54 Å². The van der Waals surface area contributed by atoms with Gasteiger partial charge in [0.25, 0.3) is 0 Å². The summed E-state index contributed by atoms with van der Waals surface area (Å²) in [5, 5.41) is 13.7. The third-order valence-corrected chi connectivity index (χ3v) is 3.92. The quantitative estimate of drug-likeness (QED) is 0.823. The molecule has 1 aliphatic heterocycles. The zero-order valence-electron chi connectivity index (χ0n) is 9.47. The Bertz CT molecular complexity index is 444. The van der Waals surface area contributed by atoms with Crippen LogP contribution in [0.5, 0.6) is 0 Å². The van der Waals surface area contributed by atoms with Crippen LogP contribution in [0.4, 0.5) is 0 Å². The molecule has 0 spiro atoms. The van der Waals surface area contributed by atoms with E-state index in [0.29, 0.717) is 6.54 Å². The first-order valence-electron chi connectivity index (χ1n) is 5.37. The third kappa shape index (κ3) is 2.32. The number of fused-ring (bicyclic) bond motifs is 1. The zero-order chi connectivity index (χ0) is 12.4. The Morgan fingerprint density at radius 3 is 3.06 bits per heavy atom. The molecular weight excluding hydrogens is 240 g/mol. The van der Waals surface area contributed by atoms with Crippen LogP contribution in [0.2, 0.25) is 0 Å². The van der Waals surface area contributed by atoms with Crippen LogP contribution in [0, 0.1) is 0 Å². The molecule has 1 atom stereocenters. The zero-order valence-corrected chi connectivity index (χ0v) is 10.3. The molecule has 1 aromatic rings. The van der Waals surface area contributed by atoms with Gasteiger partial charge in [-0.3, -0.25) is 14.5 Å². The molecule has 1 amide bonds. The van der Waals surface area contributed by atoms with E-state index < -0.39 is 12.0 Å². The summed E-state index contributed by atoms with van der Waals surface area (Å²) in [6.45, 7) is 0.737. The Morgan fingerprint density at radius 1 is 1.65 bits per heavy atom. The smallest absolute Gasteiger partial charge is 0.325 e. The van der Waals surface area contributed by atoms with Crippen LogP contribution in [0.25, 0.3) is 0 Å². The number of hydrogen-bond donors (Lipinski definition) is 2. The fraction of sp³-hybridized carbons (Fsp3) is 0.455. The van der Waals surface area contributed by atoms with Crippen LogP contribution in [0.1, 0.15) is 16.5 Å². The summed E-state index contributed by atoms with van der Waals surface area (Å²) in [4.78, 5) is 25.5. The first-order valence-corrected chi connectivity index (χ1v) is 6.25. The van der Waals surface area contributed by atoms with E-state index in [1.165, 1.54) is 0 Å². The molecule has 0 saturated heterocycles. The fourth-order valence-electron chi connectivity index (χ4n) is 2.09. The van der Waals surface area contributed by atoms with Crippen molar-refractivity contribution in [1.29, 1.82) is 0 Å². The van der Waals surface area contributed by atoms with Crippen LogP contribution in [-0.4, -0.2) is 42.0 Å². The van der Waals surface area contributed by atoms with Gasteiger partial charge >= 0.3 is 5.97 Å². The summed E-state index contributed by atoms with van der Waals surface area (Å²) in [5.41, 5.74) is 0.831. The molecule has 6 heteroatoms. The summed E-state index contributed by atoms with van der Waals surface area (Å²) in [6.07, 6.45) is 0.813. The van der Waals surface area contributed by atoms with Crippen molar-refractivity contribution in [2.75, 3.05) is 20.1 Å². The molecule has 0 aliphatic carbocycles. The summed E-state index contributed by atoms with van der Waals surface area (Å²) < 4.78 is 0. The number of carboxylic acids is 1. The van der Waals surface area contributed by atoms with Gasteiger partial charge in [-0.15, -0.1) is 11.3 Å². The number of thiophene rings is 1. The van der Waals surface area contributed by atoms with Crippen molar-refractivity contribution >= 4 is 23.2 Å². The van der Waals surface area contributed by atoms with Gasteiger partial charge in [-0.05, 0) is 23.4 Å². The number of carboxylic acid groups (broad SMARTS) is 1. The number of carbonyl (C=O) groups is 2. The molecule has 2 heterocycles. The van der Waals surface area contributed by atoms with Gasteiger partial charge in [-0.2, -0.15) is 0 Å². The van der Waals surface area contributed by atoms with Crippen LogP contribution < -0.4 is 5.32 Å². The van der Waals surface area contributed by atoms with Gasteiger partial charge in [0, 0.05) is 18.5 Å². The van der Waals surface area contributed by atoms with E-state index in [1.54, 1.807) is 23.3 Å². The number of likely N-dealkylation sites (N-methyl/N-ethyl adjacent to an activating group) is 1. The molecule has 1 unspecified atom stereocenters. The minimum absolute atomic E-state index is 0.128. The van der Waals surface area contributed by atoms with Gasteiger partial charge in [-0.25, -0.2) is 0 Å². The Labute approximate surface area is 103 Å². The minimum Gasteiger partial charge on any atom is -0.480 e. The summed E-state index contributed by atoms with van der Waals surface area (Å²) in [6, 6.07) is 1.15. The van der Waals surface area contributed by atoms with E-state index in [1.807, 2.05) is 11.4 Å². The molecule has 0 aromatic carbocycles. The minimum atomic E-state index is -0.895. The monoisotopic (exact) mass is 254 g/mol. The topological polar surface area (TPSA) is 69.6 Å². The van der Waals surface area contributed by atoms with Crippen molar-refractivity contribution in [2.24, 2.45) is 0 Å². The van der Waals surface area contributed by atoms with Crippen molar-refractivity contribution in [1.82, 2.24) is 10.2 Å². The number of aliphatic carboxylic acids is 1. The van der Waals surface area contributed by atoms with Crippen molar-refractivity contribution in [3.05, 3.63) is 21.9 Å². The first-order chi connectivity index (χ1) is 8.13. The van der Waals surface area contributed by atoms with Crippen molar-refractivity contribution in [3.63, 3.8) is 0 Å². The average molecular weight is 254 g/mol. The highest BCUT2D eigenvalue weighted by Gasteiger charge is 2.34. The lowest BCUT2D eigenvalue weighted by atomic mass is 10.00. The molecule has 92 valence electrons. The number of amides is 1. The SMILES string of the molecule is CNC(=O)CN1CCc2sccc2C1C(=O)O. The Balaban J connectivity index is 2.24. The lowest BCUT2D eigenvalue weighted by molar-refractivity contribution is -0.144. The van der Waals surface area contributed by atoms with E-state index in [2.05, 4.69) is 5.32 Å². The molecular formula is C11H14N2O3S. The molecule has 1 aromatic heterocycles. The maximum absolute atomic E-state index is 11.4. The molecule has 0 bridgehead atoms. The number of carbonyl (C=O) groups excluding carboxylic acids is 1. The Morgan fingerprint density at radius 2 is 2.41 bits per heavy atom. The van der Waals surface area contributed by atoms with Crippen molar-refractivity contribution in [2.45, 2.75) is 12.5 Å². The molecule has 5 nitrogen and oxygen atoms in total. The summed E-state index contributed by atoms with van der Waals surface area (Å²) in [5.74, 6) is -1.05. The second kappa shape index (κ2) is 4.85. The van der Waals surface area contributed by atoms with E-state index in [4.69, 9.17) is 0 Å². The highest BCUT2D eigenvalue weighted by atomic mass is 32.1. The lowest BCUT2D eigenvalue weighted by Gasteiger charge is -2.32. The van der Waals surface area contributed by atoms with Crippen molar-refractivity contribution < 1.29 is 14.7 Å². The molecule has 0 fully saturated rings. The van der Waals surface area contributed by atoms with Gasteiger partial charge in [0.2, 0.25) is 5.91 Å². The van der Waals surface area contributed by atoms with Gasteiger partial charge < -0.3 is 10.4 Å². The highest BCUT2D eigenvalue weighted by Crippen LogP contribution is 2.33. The maximum atomic E-state index is 11.4. The molecule has 0 radical (unpaired) electrons. The standard InChI is InChI=1S/C11H14N2O3S/c1-12-9(14)6-13-4-2-8-7(3-5-17-8)10(13)11(15)16/h3,5,10H,2,4,6H2,1H3,(H,12,14)(H,15,16). The largest absolute Gasteiger partial charge is 0.480 e. The third-order valence-electron chi connectivity index (χ3n) is 2.93. The number of nitrogens with zero attached hydrogens (tertiary/aromatic N) is 1. The van der Waals surface area contributed by atoms with E-state index in [9.17, 15) is 14.7 Å². The number of nitrogens with one attached hydrogen (secondary N) is 1. The highest BCUT2D eigenvalue weighted by molar-refractivity contribution is 7.10. The molecule has 1 aliphatic rings. The predicted octanol–water partition coefficient (Wildman–Crippen LogP) is 0.478. The fourth-order valence-corrected chi connectivity index (χ4v) is 3.00. The van der Waals surface area contributed by atoms with Crippen LogP contribution in [0.3, 0.4) is 0 Å². The molecule has 17 heavy (non-hydrogen) atoms. The van der Waals surface area contributed by atoms with E-state index in [0.717, 1.165) is 16.9 Å². The average Bonchev–Trinajstić information content (AvgIpc) is 2.75. The summed E-state index contributed by atoms with van der Waals surface area (Å²) in [7, 11) is 1.55. The van der Waals surface area contributed by atoms with Crippen LogP contribution in [0.15, 0.2) is 11.4 Å². The number of hydrogen-bond acceptors (Lipinski definition) is 4. The first kappa shape index (κ1) is 12.1. The Kier molecular flexibility index (Phi) is 3.44. The summed E-state index contributed by atoms with van der Waals surface area (Å²) >= 11 is 1.58. The Hall–Kier alpha value is -1.40. The second-order valence-corrected chi connectivity index (χ2v) is 4.93. The van der Waals surface area contributed by atoms with Gasteiger partial charge in [0.15, 0.2) is 0 Å².